The third-order valence-electron chi connectivity index (χ3n) is 3.89. The first-order valence-electron chi connectivity index (χ1n) is 7.26. The van der Waals surface area contributed by atoms with E-state index < -0.39 is 0 Å². The van der Waals surface area contributed by atoms with Crippen molar-refractivity contribution in [3.63, 3.8) is 0 Å². The highest BCUT2D eigenvalue weighted by Gasteiger charge is 2.36. The molecule has 3 heteroatoms. The van der Waals surface area contributed by atoms with Crippen LogP contribution in [-0.4, -0.2) is 25.4 Å². The van der Waals surface area contributed by atoms with E-state index in [1.807, 2.05) is 30.3 Å². The molecule has 1 aliphatic rings. The molecule has 2 unspecified atom stereocenters. The number of ether oxygens (including phenoxy) is 2. The molecule has 1 aliphatic carbocycles. The molecule has 0 spiro atoms. The minimum Gasteiger partial charge on any atom is -0.494 e. The maximum atomic E-state index is 6.04. The van der Waals surface area contributed by atoms with Crippen LogP contribution in [0.25, 0.3) is 0 Å². The third kappa shape index (κ3) is 4.22. The van der Waals surface area contributed by atoms with Crippen molar-refractivity contribution in [3.8, 4) is 5.75 Å². The van der Waals surface area contributed by atoms with Gasteiger partial charge >= 0.3 is 0 Å². The van der Waals surface area contributed by atoms with Gasteiger partial charge in [0.1, 0.15) is 5.75 Å². The van der Waals surface area contributed by atoms with Crippen molar-refractivity contribution in [1.29, 1.82) is 0 Å². The topological polar surface area (TPSA) is 44.5 Å². The molecular formula is C16H25NO2. The van der Waals surface area contributed by atoms with Gasteiger partial charge in [-0.15, -0.1) is 0 Å². The second kappa shape index (κ2) is 6.92. The van der Waals surface area contributed by atoms with E-state index in [4.69, 9.17) is 15.2 Å². The van der Waals surface area contributed by atoms with Crippen molar-refractivity contribution in [3.05, 3.63) is 30.3 Å². The summed E-state index contributed by atoms with van der Waals surface area (Å²) in [5.41, 5.74) is 5.82. The van der Waals surface area contributed by atoms with Gasteiger partial charge < -0.3 is 15.2 Å². The SMILES string of the molecule is CC1CCC(CN)(OCCCOc2ccccc2)C1. The molecule has 2 atom stereocenters. The van der Waals surface area contributed by atoms with E-state index in [0.29, 0.717) is 13.2 Å². The predicted octanol–water partition coefficient (Wildman–Crippen LogP) is 2.99. The van der Waals surface area contributed by atoms with E-state index in [0.717, 1.165) is 37.5 Å². The zero-order valence-corrected chi connectivity index (χ0v) is 11.8. The highest BCUT2D eigenvalue weighted by atomic mass is 16.5. The van der Waals surface area contributed by atoms with Crippen molar-refractivity contribution in [2.45, 2.75) is 38.2 Å². The molecule has 0 saturated heterocycles. The summed E-state index contributed by atoms with van der Waals surface area (Å²) < 4.78 is 11.7. The van der Waals surface area contributed by atoms with Gasteiger partial charge in [-0.2, -0.15) is 0 Å². The van der Waals surface area contributed by atoms with Gasteiger partial charge in [0.05, 0.1) is 18.8 Å². The monoisotopic (exact) mass is 263 g/mol. The maximum Gasteiger partial charge on any atom is 0.119 e. The van der Waals surface area contributed by atoms with Crippen LogP contribution in [0.15, 0.2) is 30.3 Å². The summed E-state index contributed by atoms with van der Waals surface area (Å²) in [5.74, 6) is 1.66. The Morgan fingerprint density at radius 1 is 1.26 bits per heavy atom. The van der Waals surface area contributed by atoms with Gasteiger partial charge in [-0.25, -0.2) is 0 Å². The third-order valence-corrected chi connectivity index (χ3v) is 3.89. The molecule has 1 aromatic rings. The number of para-hydroxylation sites is 1. The Morgan fingerprint density at radius 3 is 2.68 bits per heavy atom. The van der Waals surface area contributed by atoms with Crippen molar-refractivity contribution < 1.29 is 9.47 Å². The molecule has 0 aliphatic heterocycles. The molecule has 0 bridgehead atoms. The first kappa shape index (κ1) is 14.4. The molecule has 0 aromatic heterocycles. The van der Waals surface area contributed by atoms with Crippen LogP contribution in [-0.2, 0) is 4.74 Å². The van der Waals surface area contributed by atoms with E-state index in [1.165, 1.54) is 6.42 Å². The second-order valence-electron chi connectivity index (χ2n) is 5.60. The summed E-state index contributed by atoms with van der Waals surface area (Å²) in [5, 5.41) is 0. The molecule has 0 amide bonds. The standard InChI is InChI=1S/C16H25NO2/c1-14-8-9-16(12-14,13-17)19-11-5-10-18-15-6-3-2-4-7-15/h2-4,6-7,14H,5,8-13,17H2,1H3. The Morgan fingerprint density at radius 2 is 2.05 bits per heavy atom. The summed E-state index contributed by atoms with van der Waals surface area (Å²) >= 11 is 0. The molecule has 1 aromatic carbocycles. The Balaban J connectivity index is 1.64. The molecule has 2 rings (SSSR count). The summed E-state index contributed by atoms with van der Waals surface area (Å²) in [6.45, 7) is 4.34. The average Bonchev–Trinajstić information content (AvgIpc) is 2.82. The largest absolute Gasteiger partial charge is 0.494 e. The van der Waals surface area contributed by atoms with Crippen LogP contribution in [0.2, 0.25) is 0 Å². The van der Waals surface area contributed by atoms with Gasteiger partial charge in [0.2, 0.25) is 0 Å². The summed E-state index contributed by atoms with van der Waals surface area (Å²) in [6, 6.07) is 9.90. The highest BCUT2D eigenvalue weighted by Crippen LogP contribution is 2.36. The number of hydrogen-bond acceptors (Lipinski definition) is 3. The lowest BCUT2D eigenvalue weighted by Crippen LogP contribution is -2.38. The van der Waals surface area contributed by atoms with E-state index in [1.54, 1.807) is 0 Å². The van der Waals surface area contributed by atoms with Crippen LogP contribution in [0, 0.1) is 5.92 Å². The fraction of sp³-hybridized carbons (Fsp3) is 0.625. The number of benzene rings is 1. The summed E-state index contributed by atoms with van der Waals surface area (Å²) in [4.78, 5) is 0. The number of rotatable bonds is 7. The molecule has 1 saturated carbocycles. The summed E-state index contributed by atoms with van der Waals surface area (Å²) in [6.07, 6.45) is 4.34. The number of hydrogen-bond donors (Lipinski definition) is 1. The van der Waals surface area contributed by atoms with Crippen LogP contribution < -0.4 is 10.5 Å². The molecule has 0 radical (unpaired) electrons. The van der Waals surface area contributed by atoms with Crippen LogP contribution in [0.4, 0.5) is 0 Å². The Hall–Kier alpha value is -1.06. The van der Waals surface area contributed by atoms with Crippen molar-refractivity contribution in [2.75, 3.05) is 19.8 Å². The highest BCUT2D eigenvalue weighted by molar-refractivity contribution is 5.20. The Kier molecular flexibility index (Phi) is 5.23. The van der Waals surface area contributed by atoms with Gasteiger partial charge in [0.25, 0.3) is 0 Å². The second-order valence-corrected chi connectivity index (χ2v) is 5.60. The first-order chi connectivity index (χ1) is 9.24. The lowest BCUT2D eigenvalue weighted by atomic mass is 10.0. The van der Waals surface area contributed by atoms with Gasteiger partial charge in [0, 0.05) is 13.0 Å². The zero-order valence-electron chi connectivity index (χ0n) is 11.8. The van der Waals surface area contributed by atoms with Gasteiger partial charge in [-0.1, -0.05) is 25.1 Å². The van der Waals surface area contributed by atoms with Gasteiger partial charge in [-0.05, 0) is 37.3 Å². The fourth-order valence-corrected chi connectivity index (χ4v) is 2.78. The van der Waals surface area contributed by atoms with Gasteiger partial charge in [0.15, 0.2) is 0 Å². The fourth-order valence-electron chi connectivity index (χ4n) is 2.78. The molecule has 19 heavy (non-hydrogen) atoms. The van der Waals surface area contributed by atoms with Crippen LogP contribution in [0.5, 0.6) is 5.75 Å². The van der Waals surface area contributed by atoms with Crippen LogP contribution in [0.1, 0.15) is 32.6 Å². The molecule has 2 N–H and O–H groups in total. The molecule has 0 heterocycles. The smallest absolute Gasteiger partial charge is 0.119 e. The van der Waals surface area contributed by atoms with Crippen molar-refractivity contribution in [1.82, 2.24) is 0 Å². The number of nitrogens with two attached hydrogens (primary N) is 1. The van der Waals surface area contributed by atoms with Crippen LogP contribution in [0.3, 0.4) is 0 Å². The Labute approximate surface area is 116 Å². The van der Waals surface area contributed by atoms with Crippen molar-refractivity contribution >= 4 is 0 Å². The zero-order chi connectivity index (χ0) is 13.6. The minimum absolute atomic E-state index is 0.0633. The lowest BCUT2D eigenvalue weighted by Gasteiger charge is -2.28. The molecule has 3 nitrogen and oxygen atoms in total. The first-order valence-corrected chi connectivity index (χ1v) is 7.26. The van der Waals surface area contributed by atoms with E-state index in [2.05, 4.69) is 6.92 Å². The average molecular weight is 263 g/mol. The van der Waals surface area contributed by atoms with E-state index >= 15 is 0 Å². The van der Waals surface area contributed by atoms with E-state index in [9.17, 15) is 0 Å². The lowest BCUT2D eigenvalue weighted by molar-refractivity contribution is -0.0395. The quantitative estimate of drug-likeness (QED) is 0.769. The van der Waals surface area contributed by atoms with E-state index in [-0.39, 0.29) is 5.60 Å². The minimum atomic E-state index is -0.0633. The van der Waals surface area contributed by atoms with Crippen molar-refractivity contribution in [2.24, 2.45) is 11.7 Å². The normalized spacial score (nSPS) is 26.5. The Bertz CT molecular complexity index is 368. The predicted molar refractivity (Wildman–Crippen MR) is 77.3 cm³/mol. The molecular weight excluding hydrogens is 238 g/mol. The van der Waals surface area contributed by atoms with Gasteiger partial charge in [-0.3, -0.25) is 0 Å². The maximum absolute atomic E-state index is 6.04. The summed E-state index contributed by atoms with van der Waals surface area (Å²) in [7, 11) is 0. The molecule has 1 fully saturated rings. The molecule has 106 valence electrons. The van der Waals surface area contributed by atoms with Crippen LogP contribution >= 0.6 is 0 Å².